The second-order valence-corrected chi connectivity index (χ2v) is 2.77. The maximum absolute atomic E-state index is 5.54. The first-order valence-corrected chi connectivity index (χ1v) is 4.23. The second-order valence-electron chi connectivity index (χ2n) is 1.84. The second kappa shape index (κ2) is 3.26. The van der Waals surface area contributed by atoms with Gasteiger partial charge in [-0.1, -0.05) is 22.5 Å². The van der Waals surface area contributed by atoms with Crippen LogP contribution in [0.5, 0.6) is 0 Å². The van der Waals surface area contributed by atoms with Crippen molar-refractivity contribution in [3.05, 3.63) is 29.7 Å². The summed E-state index contributed by atoms with van der Waals surface area (Å²) in [7, 11) is 0. The summed E-state index contributed by atoms with van der Waals surface area (Å²) >= 11 is 8.80. The molecular weight excluding hydrogens is 215 g/mol. The van der Waals surface area contributed by atoms with Gasteiger partial charge in [0.1, 0.15) is 5.76 Å². The molecule has 0 aliphatic carbocycles. The van der Waals surface area contributed by atoms with Crippen LogP contribution in [0.3, 0.4) is 0 Å². The maximum Gasteiger partial charge on any atom is 0.193 e. The van der Waals surface area contributed by atoms with Gasteiger partial charge in [-0.25, -0.2) is 0 Å². The number of rotatable bonds is 2. The lowest BCUT2D eigenvalue weighted by molar-refractivity contribution is 0.555. The third kappa shape index (κ3) is 1.64. The molecule has 1 aromatic heterocycles. The fraction of sp³-hybridized carbons (Fsp3) is 0.143. The van der Waals surface area contributed by atoms with E-state index in [0.29, 0.717) is 10.5 Å². The van der Waals surface area contributed by atoms with E-state index in [-0.39, 0.29) is 0 Å². The highest BCUT2D eigenvalue weighted by molar-refractivity contribution is 9.09. The van der Waals surface area contributed by atoms with Crippen molar-refractivity contribution in [2.75, 3.05) is 5.33 Å². The minimum absolute atomic E-state index is 0.400. The topological polar surface area (TPSA) is 13.1 Å². The van der Waals surface area contributed by atoms with Crippen LogP contribution in [-0.2, 0) is 0 Å². The van der Waals surface area contributed by atoms with Gasteiger partial charge in [-0.05, 0) is 29.3 Å². The first-order valence-electron chi connectivity index (χ1n) is 2.73. The Morgan fingerprint density at radius 1 is 1.70 bits per heavy atom. The molecular formula is C7H6BrClO. The average molecular weight is 221 g/mol. The monoisotopic (exact) mass is 220 g/mol. The summed E-state index contributed by atoms with van der Waals surface area (Å²) in [4.78, 5) is 0. The molecule has 0 radical (unpaired) electrons. The summed E-state index contributed by atoms with van der Waals surface area (Å²) in [5.41, 5.74) is 0.895. The molecule has 0 aliphatic heterocycles. The minimum atomic E-state index is 0.400. The fourth-order valence-electron chi connectivity index (χ4n) is 0.570. The Morgan fingerprint density at radius 2 is 2.40 bits per heavy atom. The van der Waals surface area contributed by atoms with Gasteiger partial charge in [0.15, 0.2) is 5.22 Å². The third-order valence-electron chi connectivity index (χ3n) is 1.08. The summed E-state index contributed by atoms with van der Waals surface area (Å²) in [5.74, 6) is 0.738. The number of allylic oxidation sites excluding steroid dienone is 1. The largest absolute Gasteiger partial charge is 0.445 e. The van der Waals surface area contributed by atoms with Gasteiger partial charge in [0.25, 0.3) is 0 Å². The van der Waals surface area contributed by atoms with Gasteiger partial charge in [0.05, 0.1) is 0 Å². The van der Waals surface area contributed by atoms with Crippen molar-refractivity contribution in [2.45, 2.75) is 0 Å². The van der Waals surface area contributed by atoms with Crippen LogP contribution in [0, 0.1) is 0 Å². The van der Waals surface area contributed by atoms with Crippen LogP contribution in [0.4, 0.5) is 0 Å². The lowest BCUT2D eigenvalue weighted by Crippen LogP contribution is -1.76. The van der Waals surface area contributed by atoms with E-state index < -0.39 is 0 Å². The zero-order chi connectivity index (χ0) is 7.56. The van der Waals surface area contributed by atoms with Gasteiger partial charge >= 0.3 is 0 Å². The van der Waals surface area contributed by atoms with Crippen molar-refractivity contribution in [2.24, 2.45) is 0 Å². The number of halogens is 2. The first kappa shape index (κ1) is 7.89. The molecule has 1 heterocycles. The molecule has 0 aromatic carbocycles. The molecule has 0 atom stereocenters. The summed E-state index contributed by atoms with van der Waals surface area (Å²) in [6.07, 6.45) is 0. The van der Waals surface area contributed by atoms with Crippen molar-refractivity contribution in [1.82, 2.24) is 0 Å². The molecule has 54 valence electrons. The van der Waals surface area contributed by atoms with E-state index >= 15 is 0 Å². The molecule has 0 unspecified atom stereocenters. The summed E-state index contributed by atoms with van der Waals surface area (Å²) in [6, 6.07) is 3.50. The molecule has 0 amide bonds. The fourth-order valence-corrected chi connectivity index (χ4v) is 0.993. The van der Waals surface area contributed by atoms with Gasteiger partial charge in [-0.2, -0.15) is 0 Å². The van der Waals surface area contributed by atoms with E-state index in [1.54, 1.807) is 12.1 Å². The standard InChI is InChI=1S/C7H6BrClO/c1-5(4-8)6-2-3-7(9)10-6/h2-3H,1,4H2. The molecule has 0 saturated carbocycles. The van der Waals surface area contributed by atoms with Crippen LogP contribution in [0.1, 0.15) is 5.76 Å². The normalized spacial score (nSPS) is 9.80. The van der Waals surface area contributed by atoms with Crippen LogP contribution >= 0.6 is 27.5 Å². The Kier molecular flexibility index (Phi) is 2.57. The third-order valence-corrected chi connectivity index (χ3v) is 1.96. The molecule has 1 nitrogen and oxygen atoms in total. The van der Waals surface area contributed by atoms with E-state index in [1.807, 2.05) is 0 Å². The Balaban J connectivity index is 2.85. The van der Waals surface area contributed by atoms with Gasteiger partial charge < -0.3 is 4.42 Å². The predicted octanol–water partition coefficient (Wildman–Crippen LogP) is 3.34. The van der Waals surface area contributed by atoms with Gasteiger partial charge in [-0.3, -0.25) is 0 Å². The van der Waals surface area contributed by atoms with Crippen molar-refractivity contribution >= 4 is 33.1 Å². The Hall–Kier alpha value is -0.210. The highest BCUT2D eigenvalue weighted by Crippen LogP contribution is 2.20. The predicted molar refractivity (Wildman–Crippen MR) is 46.5 cm³/mol. The Labute approximate surface area is 72.8 Å². The zero-order valence-corrected chi connectivity index (χ0v) is 7.58. The van der Waals surface area contributed by atoms with E-state index in [9.17, 15) is 0 Å². The molecule has 1 aromatic rings. The quantitative estimate of drug-likeness (QED) is 0.698. The van der Waals surface area contributed by atoms with Crippen LogP contribution in [0.2, 0.25) is 5.22 Å². The molecule has 0 bridgehead atoms. The molecule has 0 aliphatic rings. The van der Waals surface area contributed by atoms with Gasteiger partial charge in [-0.15, -0.1) is 0 Å². The molecule has 0 N–H and O–H groups in total. The van der Waals surface area contributed by atoms with E-state index in [4.69, 9.17) is 16.0 Å². The maximum atomic E-state index is 5.54. The average Bonchev–Trinajstić information content (AvgIpc) is 2.34. The summed E-state index contributed by atoms with van der Waals surface area (Å²) in [6.45, 7) is 3.76. The number of alkyl halides is 1. The number of furan rings is 1. The molecule has 3 heteroatoms. The Bertz CT molecular complexity index is 242. The molecule has 1 rings (SSSR count). The van der Waals surface area contributed by atoms with Crippen molar-refractivity contribution in [3.63, 3.8) is 0 Å². The van der Waals surface area contributed by atoms with E-state index in [1.165, 1.54) is 0 Å². The van der Waals surface area contributed by atoms with Crippen molar-refractivity contribution < 1.29 is 4.42 Å². The highest BCUT2D eigenvalue weighted by Gasteiger charge is 2.01. The Morgan fingerprint density at radius 3 is 2.80 bits per heavy atom. The van der Waals surface area contributed by atoms with Crippen LogP contribution in [0.25, 0.3) is 5.57 Å². The molecule has 10 heavy (non-hydrogen) atoms. The summed E-state index contributed by atoms with van der Waals surface area (Å²) in [5, 5.41) is 1.11. The number of hydrogen-bond donors (Lipinski definition) is 0. The lowest BCUT2D eigenvalue weighted by atomic mass is 10.3. The minimum Gasteiger partial charge on any atom is -0.445 e. The zero-order valence-electron chi connectivity index (χ0n) is 5.23. The van der Waals surface area contributed by atoms with Gasteiger partial charge in [0, 0.05) is 5.33 Å². The first-order chi connectivity index (χ1) is 4.74. The van der Waals surface area contributed by atoms with E-state index in [0.717, 1.165) is 11.3 Å². The molecule has 0 saturated heterocycles. The highest BCUT2D eigenvalue weighted by atomic mass is 79.9. The van der Waals surface area contributed by atoms with Gasteiger partial charge in [0.2, 0.25) is 0 Å². The van der Waals surface area contributed by atoms with E-state index in [2.05, 4.69) is 22.5 Å². The van der Waals surface area contributed by atoms with Crippen LogP contribution in [0.15, 0.2) is 23.1 Å². The van der Waals surface area contributed by atoms with Crippen LogP contribution in [-0.4, -0.2) is 5.33 Å². The van der Waals surface area contributed by atoms with Crippen LogP contribution < -0.4 is 0 Å². The molecule has 0 spiro atoms. The number of hydrogen-bond acceptors (Lipinski definition) is 1. The molecule has 0 fully saturated rings. The smallest absolute Gasteiger partial charge is 0.193 e. The summed E-state index contributed by atoms with van der Waals surface area (Å²) < 4.78 is 5.07. The SMILES string of the molecule is C=C(CBr)c1ccc(Cl)o1. The van der Waals surface area contributed by atoms with Crippen molar-refractivity contribution in [3.8, 4) is 0 Å². The van der Waals surface area contributed by atoms with Crippen molar-refractivity contribution in [1.29, 1.82) is 0 Å². The lowest BCUT2D eigenvalue weighted by Gasteiger charge is -1.92.